The largest absolute Gasteiger partial charge is 0.465 e. The lowest BCUT2D eigenvalue weighted by atomic mass is 9.75. The molecule has 1 aliphatic carbocycles. The Kier molecular flexibility index (Phi) is 6.49. The molecule has 1 heterocycles. The van der Waals surface area contributed by atoms with Crippen LogP contribution in [0.3, 0.4) is 0 Å². The summed E-state index contributed by atoms with van der Waals surface area (Å²) in [5.41, 5.74) is 0.974. The van der Waals surface area contributed by atoms with Gasteiger partial charge in [-0.15, -0.1) is 0 Å². The fraction of sp³-hybridized carbons (Fsp3) is 0.667. The van der Waals surface area contributed by atoms with Gasteiger partial charge in [-0.2, -0.15) is 0 Å². The highest BCUT2D eigenvalue weighted by atomic mass is 16.5. The average molecular weight is 345 g/mol. The number of ether oxygens (including phenoxy) is 1. The van der Waals surface area contributed by atoms with Crippen molar-refractivity contribution in [3.63, 3.8) is 0 Å². The van der Waals surface area contributed by atoms with Gasteiger partial charge in [0.25, 0.3) is 0 Å². The monoisotopic (exact) mass is 345 g/mol. The second-order valence-corrected chi connectivity index (χ2v) is 7.78. The van der Waals surface area contributed by atoms with Crippen LogP contribution in [0.1, 0.15) is 50.0 Å². The fourth-order valence-electron chi connectivity index (χ4n) is 4.27. The third kappa shape index (κ3) is 4.83. The second-order valence-electron chi connectivity index (χ2n) is 7.78. The van der Waals surface area contributed by atoms with Gasteiger partial charge in [-0.1, -0.05) is 43.2 Å². The molecule has 3 atom stereocenters. The van der Waals surface area contributed by atoms with Crippen LogP contribution < -0.4 is 0 Å². The van der Waals surface area contributed by atoms with Crippen molar-refractivity contribution in [1.29, 1.82) is 0 Å². The molecule has 2 fully saturated rings. The number of carbonyl (C=O) groups excluding carboxylic acids is 1. The summed E-state index contributed by atoms with van der Waals surface area (Å²) in [6.45, 7) is 2.66. The van der Waals surface area contributed by atoms with Crippen LogP contribution in [-0.4, -0.2) is 48.8 Å². The van der Waals surface area contributed by atoms with Gasteiger partial charge >= 0.3 is 5.97 Å². The Balaban J connectivity index is 1.67. The van der Waals surface area contributed by atoms with E-state index in [1.165, 1.54) is 0 Å². The third-order valence-corrected chi connectivity index (χ3v) is 5.92. The Labute approximate surface area is 151 Å². The Hall–Kier alpha value is -1.39. The molecular weight excluding hydrogens is 314 g/mol. The van der Waals surface area contributed by atoms with Gasteiger partial charge in [-0.25, -0.2) is 0 Å². The molecule has 1 N–H and O–H groups in total. The van der Waals surface area contributed by atoms with E-state index in [9.17, 15) is 9.90 Å². The van der Waals surface area contributed by atoms with Crippen LogP contribution in [0.4, 0.5) is 0 Å². The average Bonchev–Trinajstić information content (AvgIpc) is 2.64. The predicted octanol–water partition coefficient (Wildman–Crippen LogP) is 3.21. The van der Waals surface area contributed by atoms with E-state index in [1.54, 1.807) is 0 Å². The van der Waals surface area contributed by atoms with Crippen molar-refractivity contribution in [2.24, 2.45) is 11.8 Å². The first-order chi connectivity index (χ1) is 12.1. The summed E-state index contributed by atoms with van der Waals surface area (Å²) in [6.07, 6.45) is 5.57. The van der Waals surface area contributed by atoms with Crippen LogP contribution in [-0.2, 0) is 9.53 Å². The van der Waals surface area contributed by atoms with Gasteiger partial charge in [0.2, 0.25) is 0 Å². The lowest BCUT2D eigenvalue weighted by molar-refractivity contribution is -0.150. The molecule has 0 bridgehead atoms. The number of likely N-dealkylation sites (tertiary alicyclic amines) is 1. The molecule has 1 aromatic rings. The van der Waals surface area contributed by atoms with Crippen molar-refractivity contribution in [3.05, 3.63) is 35.9 Å². The van der Waals surface area contributed by atoms with Crippen LogP contribution in [0.15, 0.2) is 30.3 Å². The number of aliphatic hydroxyl groups is 1. The maximum absolute atomic E-state index is 13.0. The highest BCUT2D eigenvalue weighted by Gasteiger charge is 2.37. The summed E-state index contributed by atoms with van der Waals surface area (Å²) in [7, 11) is 2.14. The smallest absolute Gasteiger partial charge is 0.313 e. The fourth-order valence-corrected chi connectivity index (χ4v) is 4.27. The molecule has 0 aromatic heterocycles. The lowest BCUT2D eigenvalue weighted by Crippen LogP contribution is -2.36. The minimum atomic E-state index is -0.408. The third-order valence-electron chi connectivity index (χ3n) is 5.92. The first-order valence-electron chi connectivity index (χ1n) is 9.73. The molecule has 0 amide bonds. The summed E-state index contributed by atoms with van der Waals surface area (Å²) in [5.74, 6) is -0.0622. The van der Waals surface area contributed by atoms with Crippen molar-refractivity contribution >= 4 is 5.97 Å². The number of piperidine rings is 1. The van der Waals surface area contributed by atoms with E-state index in [1.807, 2.05) is 30.3 Å². The van der Waals surface area contributed by atoms with E-state index in [-0.39, 0.29) is 17.8 Å². The molecule has 25 heavy (non-hydrogen) atoms. The maximum Gasteiger partial charge on any atom is 0.313 e. The van der Waals surface area contributed by atoms with E-state index in [2.05, 4.69) is 11.9 Å². The number of rotatable bonds is 5. The zero-order valence-corrected chi connectivity index (χ0v) is 15.3. The van der Waals surface area contributed by atoms with Crippen LogP contribution in [0, 0.1) is 11.8 Å². The van der Waals surface area contributed by atoms with E-state index in [4.69, 9.17) is 4.74 Å². The van der Waals surface area contributed by atoms with Gasteiger partial charge in [0.15, 0.2) is 0 Å². The molecule has 3 rings (SSSR count). The number of benzene rings is 1. The molecule has 1 aliphatic heterocycles. The summed E-state index contributed by atoms with van der Waals surface area (Å²) in [5, 5.41) is 10.5. The molecule has 0 spiro atoms. The Morgan fingerprint density at radius 3 is 2.52 bits per heavy atom. The van der Waals surface area contributed by atoms with Gasteiger partial charge in [0, 0.05) is 5.92 Å². The number of esters is 1. The molecule has 4 nitrogen and oxygen atoms in total. The number of carbonyl (C=O) groups is 1. The molecular formula is C21H31NO3. The minimum absolute atomic E-state index is 0.0267. The SMILES string of the molecule is CN1CCC(COC(=O)C(c2ccccc2)C2CCCCC2O)CC1. The van der Waals surface area contributed by atoms with Gasteiger partial charge in [-0.05, 0) is 57.3 Å². The molecule has 4 heteroatoms. The van der Waals surface area contributed by atoms with Gasteiger partial charge in [0.05, 0.1) is 18.6 Å². The van der Waals surface area contributed by atoms with Crippen LogP contribution >= 0.6 is 0 Å². The van der Waals surface area contributed by atoms with Crippen molar-refractivity contribution in [3.8, 4) is 0 Å². The van der Waals surface area contributed by atoms with Crippen molar-refractivity contribution in [1.82, 2.24) is 4.90 Å². The van der Waals surface area contributed by atoms with E-state index in [0.29, 0.717) is 12.5 Å². The highest BCUT2D eigenvalue weighted by Crippen LogP contribution is 2.37. The van der Waals surface area contributed by atoms with E-state index in [0.717, 1.165) is 57.2 Å². The quantitative estimate of drug-likeness (QED) is 0.833. The standard InChI is InChI=1S/C21H31NO3/c1-22-13-11-16(12-14-22)15-25-21(24)20(17-7-3-2-4-8-17)18-9-5-6-10-19(18)23/h2-4,7-8,16,18-20,23H,5-6,9-15H2,1H3. The van der Waals surface area contributed by atoms with Crippen molar-refractivity contribution in [2.45, 2.75) is 50.5 Å². The van der Waals surface area contributed by atoms with E-state index >= 15 is 0 Å². The minimum Gasteiger partial charge on any atom is -0.465 e. The number of hydrogen-bond acceptors (Lipinski definition) is 4. The lowest BCUT2D eigenvalue weighted by Gasteiger charge is -2.34. The Morgan fingerprint density at radius 2 is 1.84 bits per heavy atom. The molecule has 138 valence electrons. The highest BCUT2D eigenvalue weighted by molar-refractivity contribution is 5.78. The first kappa shape index (κ1) is 18.4. The molecule has 1 saturated carbocycles. The van der Waals surface area contributed by atoms with Gasteiger partial charge in [-0.3, -0.25) is 4.79 Å². The van der Waals surface area contributed by atoms with Gasteiger partial charge in [0.1, 0.15) is 0 Å². The number of hydrogen-bond donors (Lipinski definition) is 1. The zero-order valence-electron chi connectivity index (χ0n) is 15.3. The Bertz CT molecular complexity index is 539. The van der Waals surface area contributed by atoms with Crippen molar-refractivity contribution in [2.75, 3.05) is 26.7 Å². The first-order valence-corrected chi connectivity index (χ1v) is 9.73. The number of nitrogens with zero attached hydrogens (tertiary/aromatic N) is 1. The number of aliphatic hydroxyl groups excluding tert-OH is 1. The molecule has 1 aromatic carbocycles. The van der Waals surface area contributed by atoms with Gasteiger partial charge < -0.3 is 14.7 Å². The maximum atomic E-state index is 13.0. The zero-order chi connectivity index (χ0) is 17.6. The summed E-state index contributed by atoms with van der Waals surface area (Å²) < 4.78 is 5.77. The molecule has 1 saturated heterocycles. The molecule has 3 unspecified atom stereocenters. The molecule has 2 aliphatic rings. The van der Waals surface area contributed by atoms with E-state index < -0.39 is 6.10 Å². The van der Waals surface area contributed by atoms with Crippen LogP contribution in [0.2, 0.25) is 0 Å². The van der Waals surface area contributed by atoms with Crippen LogP contribution in [0.5, 0.6) is 0 Å². The summed E-state index contributed by atoms with van der Waals surface area (Å²) >= 11 is 0. The summed E-state index contributed by atoms with van der Waals surface area (Å²) in [6, 6.07) is 9.86. The normalized spacial score (nSPS) is 27.0. The second kappa shape index (κ2) is 8.81. The van der Waals surface area contributed by atoms with Crippen molar-refractivity contribution < 1.29 is 14.6 Å². The molecule has 0 radical (unpaired) electrons. The summed E-state index contributed by atoms with van der Waals surface area (Å²) in [4.78, 5) is 15.3. The topological polar surface area (TPSA) is 49.8 Å². The predicted molar refractivity (Wildman–Crippen MR) is 98.3 cm³/mol. The van der Waals surface area contributed by atoms with Crippen LogP contribution in [0.25, 0.3) is 0 Å². The Morgan fingerprint density at radius 1 is 1.16 bits per heavy atom.